The predicted octanol–water partition coefficient (Wildman–Crippen LogP) is 2.99. The third-order valence-corrected chi connectivity index (χ3v) is 3.36. The molecule has 1 aromatic heterocycles. The summed E-state index contributed by atoms with van der Waals surface area (Å²) in [6.07, 6.45) is 2.55. The predicted molar refractivity (Wildman–Crippen MR) is 75.2 cm³/mol. The van der Waals surface area contributed by atoms with Crippen LogP contribution >= 0.6 is 0 Å². The van der Waals surface area contributed by atoms with E-state index in [-0.39, 0.29) is 17.6 Å². The number of morpholine rings is 1. The topological polar surface area (TPSA) is 25.4 Å². The number of anilines is 1. The number of hydrogen-bond acceptors (Lipinski definition) is 3. The van der Waals surface area contributed by atoms with E-state index in [4.69, 9.17) is 4.74 Å². The third-order valence-electron chi connectivity index (χ3n) is 3.36. The molecule has 0 saturated carbocycles. The van der Waals surface area contributed by atoms with E-state index in [1.165, 1.54) is 5.56 Å². The Bertz CT molecular complexity index is 384. The SMILES string of the molecule is C[C@@H]1CN(c2ccc(C(C)(C)C)cn2)C[C@H](C)O1. The van der Waals surface area contributed by atoms with Gasteiger partial charge in [0.25, 0.3) is 0 Å². The summed E-state index contributed by atoms with van der Waals surface area (Å²) in [5.74, 6) is 1.06. The smallest absolute Gasteiger partial charge is 0.128 e. The highest BCUT2D eigenvalue weighted by atomic mass is 16.5. The van der Waals surface area contributed by atoms with Gasteiger partial charge in [0.05, 0.1) is 12.2 Å². The Labute approximate surface area is 110 Å². The zero-order valence-corrected chi connectivity index (χ0v) is 12.1. The van der Waals surface area contributed by atoms with Gasteiger partial charge in [0.15, 0.2) is 0 Å². The van der Waals surface area contributed by atoms with E-state index in [0.29, 0.717) is 0 Å². The Balaban J connectivity index is 2.14. The maximum Gasteiger partial charge on any atom is 0.128 e. The second kappa shape index (κ2) is 4.88. The molecule has 2 heterocycles. The van der Waals surface area contributed by atoms with Crippen LogP contribution in [0.2, 0.25) is 0 Å². The minimum Gasteiger partial charge on any atom is -0.372 e. The number of hydrogen-bond donors (Lipinski definition) is 0. The lowest BCUT2D eigenvalue weighted by molar-refractivity contribution is -0.00546. The Morgan fingerprint density at radius 1 is 1.17 bits per heavy atom. The van der Waals surface area contributed by atoms with Gasteiger partial charge < -0.3 is 9.64 Å². The summed E-state index contributed by atoms with van der Waals surface area (Å²) in [7, 11) is 0. The molecule has 100 valence electrons. The van der Waals surface area contributed by atoms with Crippen LogP contribution in [0.1, 0.15) is 40.2 Å². The second-order valence-corrected chi connectivity index (χ2v) is 6.32. The third kappa shape index (κ3) is 3.02. The highest BCUT2D eigenvalue weighted by molar-refractivity contribution is 5.41. The first-order valence-electron chi connectivity index (χ1n) is 6.73. The molecule has 1 saturated heterocycles. The van der Waals surface area contributed by atoms with Crippen molar-refractivity contribution in [1.29, 1.82) is 0 Å². The summed E-state index contributed by atoms with van der Waals surface area (Å²) < 4.78 is 5.75. The fourth-order valence-corrected chi connectivity index (χ4v) is 2.38. The lowest BCUT2D eigenvalue weighted by atomic mass is 9.88. The first kappa shape index (κ1) is 13.3. The van der Waals surface area contributed by atoms with Crippen LogP contribution in [0.15, 0.2) is 18.3 Å². The lowest BCUT2D eigenvalue weighted by Gasteiger charge is -2.36. The van der Waals surface area contributed by atoms with Crippen LogP contribution in [0.5, 0.6) is 0 Å². The monoisotopic (exact) mass is 248 g/mol. The summed E-state index contributed by atoms with van der Waals surface area (Å²) in [6, 6.07) is 4.32. The number of nitrogens with zero attached hydrogens (tertiary/aromatic N) is 2. The van der Waals surface area contributed by atoms with Crippen LogP contribution in [0, 0.1) is 0 Å². The normalized spacial score (nSPS) is 25.3. The molecule has 0 amide bonds. The van der Waals surface area contributed by atoms with Crippen molar-refractivity contribution in [3.8, 4) is 0 Å². The molecule has 0 radical (unpaired) electrons. The van der Waals surface area contributed by atoms with E-state index < -0.39 is 0 Å². The second-order valence-electron chi connectivity index (χ2n) is 6.32. The Morgan fingerprint density at radius 2 is 1.78 bits per heavy atom. The summed E-state index contributed by atoms with van der Waals surface area (Å²) in [5.41, 5.74) is 1.44. The molecule has 1 aromatic rings. The first-order chi connectivity index (χ1) is 8.36. The number of aromatic nitrogens is 1. The quantitative estimate of drug-likeness (QED) is 0.764. The van der Waals surface area contributed by atoms with Crippen molar-refractivity contribution < 1.29 is 4.74 Å². The Hall–Kier alpha value is -1.09. The molecule has 18 heavy (non-hydrogen) atoms. The summed E-state index contributed by atoms with van der Waals surface area (Å²) >= 11 is 0. The van der Waals surface area contributed by atoms with Gasteiger partial charge in [-0.3, -0.25) is 0 Å². The molecule has 3 heteroatoms. The zero-order chi connectivity index (χ0) is 13.3. The molecule has 2 atom stereocenters. The number of rotatable bonds is 1. The average molecular weight is 248 g/mol. The van der Waals surface area contributed by atoms with Gasteiger partial charge in [-0.05, 0) is 30.9 Å². The lowest BCUT2D eigenvalue weighted by Crippen LogP contribution is -2.45. The van der Waals surface area contributed by atoms with Crippen LogP contribution in [-0.2, 0) is 10.2 Å². The van der Waals surface area contributed by atoms with Crippen LogP contribution in [0.25, 0.3) is 0 Å². The number of ether oxygens (including phenoxy) is 1. The van der Waals surface area contributed by atoms with Crippen LogP contribution in [-0.4, -0.2) is 30.3 Å². The van der Waals surface area contributed by atoms with E-state index >= 15 is 0 Å². The highest BCUT2D eigenvalue weighted by Crippen LogP contribution is 2.24. The van der Waals surface area contributed by atoms with Crippen molar-refractivity contribution in [1.82, 2.24) is 4.98 Å². The number of pyridine rings is 1. The van der Waals surface area contributed by atoms with Gasteiger partial charge in [-0.2, -0.15) is 0 Å². The maximum absolute atomic E-state index is 5.75. The molecule has 1 fully saturated rings. The zero-order valence-electron chi connectivity index (χ0n) is 12.1. The van der Waals surface area contributed by atoms with Crippen LogP contribution in [0.4, 0.5) is 5.82 Å². The van der Waals surface area contributed by atoms with Crippen LogP contribution < -0.4 is 4.90 Å². The van der Waals surface area contributed by atoms with E-state index in [9.17, 15) is 0 Å². The van der Waals surface area contributed by atoms with E-state index in [1.807, 2.05) is 6.20 Å². The van der Waals surface area contributed by atoms with Crippen molar-refractivity contribution in [2.75, 3.05) is 18.0 Å². The minimum atomic E-state index is 0.164. The molecule has 0 unspecified atom stereocenters. The highest BCUT2D eigenvalue weighted by Gasteiger charge is 2.23. The molecule has 3 nitrogen and oxygen atoms in total. The van der Waals surface area contributed by atoms with Crippen LogP contribution in [0.3, 0.4) is 0 Å². The molecule has 0 aromatic carbocycles. The summed E-state index contributed by atoms with van der Waals surface area (Å²) in [6.45, 7) is 12.7. The minimum absolute atomic E-state index is 0.164. The first-order valence-corrected chi connectivity index (χ1v) is 6.73. The average Bonchev–Trinajstić information content (AvgIpc) is 2.27. The molecule has 0 N–H and O–H groups in total. The van der Waals surface area contributed by atoms with Gasteiger partial charge in [-0.1, -0.05) is 26.8 Å². The largest absolute Gasteiger partial charge is 0.372 e. The van der Waals surface area contributed by atoms with E-state index in [2.05, 4.69) is 56.6 Å². The molecule has 0 bridgehead atoms. The molecular formula is C15H24N2O. The standard InChI is InChI=1S/C15H24N2O/c1-11-9-17(10-12(2)18-11)14-7-6-13(8-16-14)15(3,4)5/h6-8,11-12H,9-10H2,1-5H3/t11-,12+. The Morgan fingerprint density at radius 3 is 2.22 bits per heavy atom. The van der Waals surface area contributed by atoms with Gasteiger partial charge in [-0.15, -0.1) is 0 Å². The van der Waals surface area contributed by atoms with E-state index in [0.717, 1.165) is 18.9 Å². The van der Waals surface area contributed by atoms with E-state index in [1.54, 1.807) is 0 Å². The maximum atomic E-state index is 5.75. The summed E-state index contributed by atoms with van der Waals surface area (Å²) in [4.78, 5) is 6.92. The van der Waals surface area contributed by atoms with Gasteiger partial charge in [0.1, 0.15) is 5.82 Å². The molecule has 0 spiro atoms. The molecular weight excluding hydrogens is 224 g/mol. The van der Waals surface area contributed by atoms with Crippen molar-refractivity contribution >= 4 is 5.82 Å². The van der Waals surface area contributed by atoms with Gasteiger partial charge in [-0.25, -0.2) is 4.98 Å². The molecule has 1 aliphatic heterocycles. The molecule has 1 aliphatic rings. The van der Waals surface area contributed by atoms with Gasteiger partial charge in [0, 0.05) is 19.3 Å². The molecule has 2 rings (SSSR count). The molecule has 0 aliphatic carbocycles. The van der Waals surface area contributed by atoms with Crippen molar-refractivity contribution in [3.63, 3.8) is 0 Å². The fraction of sp³-hybridized carbons (Fsp3) is 0.667. The Kier molecular flexibility index (Phi) is 3.62. The van der Waals surface area contributed by atoms with Crippen molar-refractivity contribution in [2.45, 2.75) is 52.2 Å². The van der Waals surface area contributed by atoms with Gasteiger partial charge in [0.2, 0.25) is 0 Å². The summed E-state index contributed by atoms with van der Waals surface area (Å²) in [5, 5.41) is 0. The van der Waals surface area contributed by atoms with Crippen molar-refractivity contribution in [2.24, 2.45) is 0 Å². The van der Waals surface area contributed by atoms with Crippen molar-refractivity contribution in [3.05, 3.63) is 23.9 Å². The van der Waals surface area contributed by atoms with Gasteiger partial charge >= 0.3 is 0 Å². The fourth-order valence-electron chi connectivity index (χ4n) is 2.38.